The molecule has 0 aliphatic rings. The van der Waals surface area contributed by atoms with Crippen LogP contribution in [0.1, 0.15) is 5.56 Å². The molecule has 0 aromatic heterocycles. The van der Waals surface area contributed by atoms with Crippen LogP contribution in [0.3, 0.4) is 0 Å². The van der Waals surface area contributed by atoms with Crippen molar-refractivity contribution >= 4 is 0 Å². The topological polar surface area (TPSA) is 47.3 Å². The maximum Gasteiger partial charge on any atom is 0.123 e. The Balaban J connectivity index is 2.54. The summed E-state index contributed by atoms with van der Waals surface area (Å²) in [6.07, 6.45) is 0. The third kappa shape index (κ3) is 3.05. The monoisotopic (exact) mass is 180 g/mol. The number of hydrogen-bond acceptors (Lipinski definition) is 3. The van der Waals surface area contributed by atoms with Crippen molar-refractivity contribution in [2.75, 3.05) is 20.2 Å². The van der Waals surface area contributed by atoms with E-state index in [0.29, 0.717) is 6.54 Å². The number of ether oxygens (including phenoxy) is 1. The minimum absolute atomic E-state index is 0.662. The van der Waals surface area contributed by atoms with E-state index in [1.807, 2.05) is 24.3 Å². The van der Waals surface area contributed by atoms with Crippen LogP contribution in [-0.4, -0.2) is 20.2 Å². The summed E-state index contributed by atoms with van der Waals surface area (Å²) in [7, 11) is 1.68. The zero-order valence-electron chi connectivity index (χ0n) is 7.92. The molecule has 0 aliphatic heterocycles. The van der Waals surface area contributed by atoms with Crippen molar-refractivity contribution < 1.29 is 4.74 Å². The molecule has 1 rings (SSSR count). The number of para-hydroxylation sites is 1. The molecule has 72 valence electrons. The Morgan fingerprint density at radius 1 is 1.38 bits per heavy atom. The summed E-state index contributed by atoms with van der Waals surface area (Å²) in [4.78, 5) is 0. The van der Waals surface area contributed by atoms with E-state index in [9.17, 15) is 0 Å². The van der Waals surface area contributed by atoms with Crippen molar-refractivity contribution in [1.29, 1.82) is 0 Å². The lowest BCUT2D eigenvalue weighted by molar-refractivity contribution is 0.408. The molecule has 0 unspecified atom stereocenters. The van der Waals surface area contributed by atoms with Gasteiger partial charge in [0.1, 0.15) is 5.75 Å². The van der Waals surface area contributed by atoms with Crippen LogP contribution in [0.4, 0.5) is 0 Å². The van der Waals surface area contributed by atoms with Gasteiger partial charge in [0.2, 0.25) is 0 Å². The highest BCUT2D eigenvalue weighted by Gasteiger charge is 1.99. The fourth-order valence-electron chi connectivity index (χ4n) is 1.17. The van der Waals surface area contributed by atoms with Gasteiger partial charge in [0.15, 0.2) is 0 Å². The summed E-state index contributed by atoms with van der Waals surface area (Å²) in [5.41, 5.74) is 6.53. The largest absolute Gasteiger partial charge is 0.496 e. The van der Waals surface area contributed by atoms with E-state index in [1.54, 1.807) is 7.11 Å². The van der Waals surface area contributed by atoms with Crippen molar-refractivity contribution in [3.63, 3.8) is 0 Å². The second-order valence-corrected chi connectivity index (χ2v) is 2.78. The van der Waals surface area contributed by atoms with E-state index in [4.69, 9.17) is 10.5 Å². The molecule has 0 spiro atoms. The SMILES string of the molecule is COc1ccccc1CNCCN. The molecule has 1 aromatic rings. The van der Waals surface area contributed by atoms with Crippen LogP contribution in [0.25, 0.3) is 0 Å². The lowest BCUT2D eigenvalue weighted by Crippen LogP contribution is -2.22. The minimum Gasteiger partial charge on any atom is -0.496 e. The molecule has 0 amide bonds. The Hall–Kier alpha value is -1.06. The first-order valence-corrected chi connectivity index (χ1v) is 4.41. The Kier molecular flexibility index (Phi) is 4.29. The maximum atomic E-state index is 5.37. The molecule has 0 aliphatic carbocycles. The molecule has 0 heterocycles. The quantitative estimate of drug-likeness (QED) is 0.657. The molecule has 3 N–H and O–H groups in total. The molecule has 3 nitrogen and oxygen atoms in total. The van der Waals surface area contributed by atoms with Gasteiger partial charge in [0.05, 0.1) is 7.11 Å². The second-order valence-electron chi connectivity index (χ2n) is 2.78. The van der Waals surface area contributed by atoms with Gasteiger partial charge < -0.3 is 15.8 Å². The van der Waals surface area contributed by atoms with Gasteiger partial charge >= 0.3 is 0 Å². The Morgan fingerprint density at radius 2 is 2.15 bits per heavy atom. The number of rotatable bonds is 5. The highest BCUT2D eigenvalue weighted by molar-refractivity contribution is 5.32. The van der Waals surface area contributed by atoms with Crippen LogP contribution in [0, 0.1) is 0 Å². The Morgan fingerprint density at radius 3 is 2.85 bits per heavy atom. The van der Waals surface area contributed by atoms with Crippen molar-refractivity contribution in [2.45, 2.75) is 6.54 Å². The van der Waals surface area contributed by atoms with Gasteiger partial charge in [-0.2, -0.15) is 0 Å². The molecule has 0 radical (unpaired) electrons. The van der Waals surface area contributed by atoms with Gasteiger partial charge in [0, 0.05) is 25.2 Å². The van der Waals surface area contributed by atoms with E-state index >= 15 is 0 Å². The highest BCUT2D eigenvalue weighted by atomic mass is 16.5. The van der Waals surface area contributed by atoms with Crippen LogP contribution in [0.2, 0.25) is 0 Å². The summed E-state index contributed by atoms with van der Waals surface area (Å²) in [6.45, 7) is 2.30. The average molecular weight is 180 g/mol. The van der Waals surface area contributed by atoms with Gasteiger partial charge in [-0.05, 0) is 6.07 Å². The summed E-state index contributed by atoms with van der Waals surface area (Å²) >= 11 is 0. The molecular formula is C10H16N2O. The Labute approximate surface area is 78.9 Å². The third-order valence-corrected chi connectivity index (χ3v) is 1.83. The van der Waals surface area contributed by atoms with E-state index in [2.05, 4.69) is 5.32 Å². The van der Waals surface area contributed by atoms with Crippen LogP contribution >= 0.6 is 0 Å². The van der Waals surface area contributed by atoms with Crippen LogP contribution in [0.5, 0.6) is 5.75 Å². The molecule has 0 bridgehead atoms. The van der Waals surface area contributed by atoms with Gasteiger partial charge in [-0.15, -0.1) is 0 Å². The maximum absolute atomic E-state index is 5.37. The molecule has 3 heteroatoms. The fraction of sp³-hybridized carbons (Fsp3) is 0.400. The average Bonchev–Trinajstić information content (AvgIpc) is 2.19. The van der Waals surface area contributed by atoms with Crippen LogP contribution < -0.4 is 15.8 Å². The number of nitrogens with two attached hydrogens (primary N) is 1. The zero-order chi connectivity index (χ0) is 9.52. The smallest absolute Gasteiger partial charge is 0.123 e. The molecule has 0 atom stereocenters. The summed E-state index contributed by atoms with van der Waals surface area (Å²) in [6, 6.07) is 7.97. The first kappa shape index (κ1) is 10.0. The van der Waals surface area contributed by atoms with E-state index in [-0.39, 0.29) is 0 Å². The predicted octanol–water partition coefficient (Wildman–Crippen LogP) is 0.744. The predicted molar refractivity (Wildman–Crippen MR) is 53.8 cm³/mol. The first-order valence-electron chi connectivity index (χ1n) is 4.41. The standard InChI is InChI=1S/C10H16N2O/c1-13-10-5-3-2-4-9(10)8-12-7-6-11/h2-5,12H,6-8,11H2,1H3. The van der Waals surface area contributed by atoms with Gasteiger partial charge in [-0.3, -0.25) is 0 Å². The van der Waals surface area contributed by atoms with Crippen molar-refractivity contribution in [2.24, 2.45) is 5.73 Å². The molecule has 0 fully saturated rings. The highest BCUT2D eigenvalue weighted by Crippen LogP contribution is 2.16. The van der Waals surface area contributed by atoms with E-state index < -0.39 is 0 Å². The number of methoxy groups -OCH3 is 1. The van der Waals surface area contributed by atoms with E-state index in [1.165, 1.54) is 5.56 Å². The van der Waals surface area contributed by atoms with Crippen molar-refractivity contribution in [3.05, 3.63) is 29.8 Å². The molecule has 0 saturated heterocycles. The number of nitrogens with one attached hydrogen (secondary N) is 1. The molecule has 0 saturated carbocycles. The summed E-state index contributed by atoms with van der Waals surface area (Å²) < 4.78 is 5.20. The minimum atomic E-state index is 0.662. The van der Waals surface area contributed by atoms with Crippen molar-refractivity contribution in [3.8, 4) is 5.75 Å². The number of hydrogen-bond donors (Lipinski definition) is 2. The second kappa shape index (κ2) is 5.56. The van der Waals surface area contributed by atoms with Gasteiger partial charge in [0.25, 0.3) is 0 Å². The molecular weight excluding hydrogens is 164 g/mol. The third-order valence-electron chi connectivity index (χ3n) is 1.83. The van der Waals surface area contributed by atoms with Gasteiger partial charge in [-0.1, -0.05) is 18.2 Å². The van der Waals surface area contributed by atoms with Crippen LogP contribution in [-0.2, 0) is 6.54 Å². The summed E-state index contributed by atoms with van der Waals surface area (Å²) in [5.74, 6) is 0.923. The normalized spacial score (nSPS) is 10.0. The zero-order valence-corrected chi connectivity index (χ0v) is 7.92. The summed E-state index contributed by atoms with van der Waals surface area (Å²) in [5, 5.41) is 3.22. The molecule has 13 heavy (non-hydrogen) atoms. The fourth-order valence-corrected chi connectivity index (χ4v) is 1.17. The lowest BCUT2D eigenvalue weighted by atomic mass is 10.2. The van der Waals surface area contributed by atoms with Crippen molar-refractivity contribution in [1.82, 2.24) is 5.32 Å². The lowest BCUT2D eigenvalue weighted by Gasteiger charge is -2.08. The Bertz CT molecular complexity index is 250. The van der Waals surface area contributed by atoms with Crippen LogP contribution in [0.15, 0.2) is 24.3 Å². The number of benzene rings is 1. The van der Waals surface area contributed by atoms with Gasteiger partial charge in [-0.25, -0.2) is 0 Å². The molecule has 1 aromatic carbocycles. The first-order chi connectivity index (χ1) is 6.38. The van der Waals surface area contributed by atoms with E-state index in [0.717, 1.165) is 18.8 Å².